The Labute approximate surface area is 482 Å². The number of amides is 2. The minimum atomic E-state index is -1.05. The topological polar surface area (TPSA) is 237 Å². The smallest absolute Gasteiger partial charge is 0.317 e. The number of carboxylic acid groups (broad SMARTS) is 2. The summed E-state index contributed by atoms with van der Waals surface area (Å²) in [5.74, 6) is -2.91. The standard InChI is InChI=1S/C66H70N10O7/c1-39-31-41(3)61(42(4)32-39)65-53-19-15-49(69-53)63(45-7-11-47(67)12-8-45)50-16-20-54(70-50)66(62-43(5)33-40(2)34-44(62)6)56-22-18-52(72-56)64(51-17-21-55(65)71-51)46-9-13-48(14-10-46)68-57(78)35-73-23-24-74(36-59(80)81)25-26-75(37-60(82)83)28-30-76(29-27-73)58(79)38-77/h7-22,31-34,69,72,77H,23-30,35-38,67H2,1-6H3,(H,68,78)(H,80,81)(H,82,83). The molecule has 426 valence electrons. The third-order valence-corrected chi connectivity index (χ3v) is 15.7. The van der Waals surface area contributed by atoms with E-state index in [1.54, 1.807) is 9.80 Å². The van der Waals surface area contributed by atoms with Gasteiger partial charge < -0.3 is 41.2 Å². The number of hydrogen-bond donors (Lipinski definition) is 7. The molecule has 6 heterocycles. The number of benzene rings is 4. The van der Waals surface area contributed by atoms with E-state index in [9.17, 15) is 34.5 Å². The molecule has 17 heteroatoms. The number of aryl methyl sites for hydroxylation is 6. The van der Waals surface area contributed by atoms with Crippen molar-refractivity contribution in [3.05, 3.63) is 153 Å². The Morgan fingerprint density at radius 3 is 1.22 bits per heavy atom. The summed E-state index contributed by atoms with van der Waals surface area (Å²) in [5.41, 5.74) is 28.5. The maximum Gasteiger partial charge on any atom is 0.317 e. The van der Waals surface area contributed by atoms with Gasteiger partial charge in [-0.3, -0.25) is 33.9 Å². The Kier molecular flexibility index (Phi) is 17.0. The van der Waals surface area contributed by atoms with Crippen LogP contribution < -0.4 is 11.1 Å². The van der Waals surface area contributed by atoms with Crippen molar-refractivity contribution < 1.29 is 34.5 Å². The number of aromatic nitrogens is 4. The summed E-state index contributed by atoms with van der Waals surface area (Å²) in [6, 6.07) is 32.9. The van der Waals surface area contributed by atoms with Crippen LogP contribution in [-0.2, 0) is 19.2 Å². The molecular formula is C66H70N10O7. The highest BCUT2D eigenvalue weighted by Gasteiger charge is 2.25. The summed E-state index contributed by atoms with van der Waals surface area (Å²) in [6.45, 7) is 13.3. The van der Waals surface area contributed by atoms with E-state index in [0.717, 1.165) is 112 Å². The van der Waals surface area contributed by atoms with E-state index in [1.165, 1.54) is 16.0 Å². The minimum Gasteiger partial charge on any atom is -0.480 e. The number of hydrogen-bond acceptors (Lipinski definition) is 11. The van der Waals surface area contributed by atoms with Gasteiger partial charge in [-0.1, -0.05) is 59.7 Å². The maximum absolute atomic E-state index is 14.0. The fourth-order valence-corrected chi connectivity index (χ4v) is 12.0. The lowest BCUT2D eigenvalue weighted by molar-refractivity contribution is -0.140. The van der Waals surface area contributed by atoms with Crippen LogP contribution in [0.2, 0.25) is 0 Å². The number of aliphatic carboxylic acids is 2. The third kappa shape index (κ3) is 12.9. The van der Waals surface area contributed by atoms with Crippen LogP contribution in [-0.4, -0.2) is 157 Å². The van der Waals surface area contributed by atoms with Crippen molar-refractivity contribution in [1.82, 2.24) is 39.5 Å². The summed E-state index contributed by atoms with van der Waals surface area (Å²) in [5, 5.41) is 32.2. The van der Waals surface area contributed by atoms with Gasteiger partial charge in [0.2, 0.25) is 11.8 Å². The van der Waals surface area contributed by atoms with E-state index < -0.39 is 24.5 Å². The van der Waals surface area contributed by atoms with E-state index in [2.05, 4.69) is 130 Å². The molecule has 4 aromatic carbocycles. The number of fused-ring (bicyclic) bond motifs is 8. The molecule has 0 spiro atoms. The Balaban J connectivity index is 1.09. The molecule has 3 aliphatic rings. The second-order valence-corrected chi connectivity index (χ2v) is 22.0. The van der Waals surface area contributed by atoms with Crippen LogP contribution in [0.5, 0.6) is 0 Å². The predicted molar refractivity (Wildman–Crippen MR) is 330 cm³/mol. The van der Waals surface area contributed by atoms with Crippen LogP contribution in [0, 0.1) is 41.5 Å². The second-order valence-electron chi connectivity index (χ2n) is 22.0. The highest BCUT2D eigenvalue weighted by molar-refractivity contribution is 6.01. The van der Waals surface area contributed by atoms with Crippen LogP contribution in [0.3, 0.4) is 0 Å². The fraction of sp³-hybridized carbons (Fsp3) is 0.273. The fourth-order valence-electron chi connectivity index (χ4n) is 12.0. The Bertz CT molecular complexity index is 3810. The summed E-state index contributed by atoms with van der Waals surface area (Å²) in [7, 11) is 0. The molecule has 0 atom stereocenters. The Hall–Kier alpha value is -9.00. The van der Waals surface area contributed by atoms with Crippen LogP contribution >= 0.6 is 0 Å². The molecule has 83 heavy (non-hydrogen) atoms. The van der Waals surface area contributed by atoms with E-state index in [-0.39, 0.29) is 77.9 Å². The van der Waals surface area contributed by atoms with Gasteiger partial charge in [0.15, 0.2) is 0 Å². The molecule has 17 nitrogen and oxygen atoms in total. The summed E-state index contributed by atoms with van der Waals surface area (Å²) >= 11 is 0. The van der Waals surface area contributed by atoms with Crippen LogP contribution in [0.25, 0.3) is 90.9 Å². The van der Waals surface area contributed by atoms with Crippen molar-refractivity contribution in [3.63, 3.8) is 0 Å². The van der Waals surface area contributed by atoms with E-state index in [4.69, 9.17) is 15.7 Å². The highest BCUT2D eigenvalue weighted by Crippen LogP contribution is 2.41. The Morgan fingerprint density at radius 2 is 0.831 bits per heavy atom. The lowest BCUT2D eigenvalue weighted by Gasteiger charge is -2.33. The van der Waals surface area contributed by atoms with Gasteiger partial charge in [-0.05, 0) is 159 Å². The first-order chi connectivity index (χ1) is 39.9. The van der Waals surface area contributed by atoms with Crippen LogP contribution in [0.15, 0.2) is 97.1 Å². The number of carboxylic acids is 2. The monoisotopic (exact) mass is 1110 g/mol. The Morgan fingerprint density at radius 1 is 0.482 bits per heavy atom. The number of H-pyrrole nitrogens is 2. The maximum atomic E-state index is 14.0. The van der Waals surface area contributed by atoms with E-state index in [1.807, 2.05) is 53.4 Å². The zero-order valence-corrected chi connectivity index (χ0v) is 47.8. The van der Waals surface area contributed by atoms with Gasteiger partial charge in [-0.25, -0.2) is 9.97 Å². The molecule has 0 unspecified atom stereocenters. The number of aromatic amines is 2. The number of rotatable bonds is 12. The molecular weight excluding hydrogens is 1040 g/mol. The minimum absolute atomic E-state index is 0.0713. The van der Waals surface area contributed by atoms with Gasteiger partial charge >= 0.3 is 11.9 Å². The molecule has 3 aromatic heterocycles. The molecule has 10 rings (SSSR count). The average molecular weight is 1120 g/mol. The van der Waals surface area contributed by atoms with Crippen LogP contribution in [0.4, 0.5) is 11.4 Å². The molecule has 0 saturated carbocycles. The van der Waals surface area contributed by atoms with E-state index in [0.29, 0.717) is 11.4 Å². The first kappa shape index (κ1) is 57.2. The summed E-state index contributed by atoms with van der Waals surface area (Å²) < 4.78 is 0. The molecule has 8 N–H and O–H groups in total. The summed E-state index contributed by atoms with van der Waals surface area (Å²) in [6.07, 6.45) is 8.33. The second kappa shape index (κ2) is 24.6. The van der Waals surface area contributed by atoms with Crippen molar-refractivity contribution >= 4 is 81.5 Å². The van der Waals surface area contributed by atoms with Crippen molar-refractivity contribution in [2.24, 2.45) is 0 Å². The molecule has 8 bridgehead atoms. The molecule has 1 fully saturated rings. The van der Waals surface area contributed by atoms with Gasteiger partial charge in [0.1, 0.15) is 6.61 Å². The number of carbonyl (C=O) groups is 4. The number of aliphatic hydroxyl groups is 1. The quantitative estimate of drug-likeness (QED) is 0.0565. The van der Waals surface area contributed by atoms with Crippen LogP contribution in [0.1, 0.15) is 56.2 Å². The van der Waals surface area contributed by atoms with Gasteiger partial charge in [0, 0.05) is 108 Å². The lowest BCUT2D eigenvalue weighted by atomic mass is 9.92. The highest BCUT2D eigenvalue weighted by atomic mass is 16.4. The predicted octanol–water partition coefficient (Wildman–Crippen LogP) is 9.60. The van der Waals surface area contributed by atoms with Gasteiger partial charge in [-0.2, -0.15) is 0 Å². The number of aliphatic hydroxyl groups excluding tert-OH is 1. The molecule has 0 radical (unpaired) electrons. The van der Waals surface area contributed by atoms with Gasteiger partial charge in [0.05, 0.1) is 42.4 Å². The summed E-state index contributed by atoms with van der Waals surface area (Å²) in [4.78, 5) is 76.0. The first-order valence-corrected chi connectivity index (χ1v) is 28.0. The van der Waals surface area contributed by atoms with Crippen molar-refractivity contribution in [3.8, 4) is 44.5 Å². The SMILES string of the molecule is Cc1cc(C)c(-c2c3nc(c(-c4ccc(NC(=O)CN5CCN(CC(=O)O)CCN(CC(=O)O)CCN(C(=O)CO)CC5)cc4)c4ccc([nH]4)c(-c4c(C)cc(C)cc4C)c4nc(c(-c5ccc(N)cc5)c5ccc2[nH]5)C=C4)C=C3)c(C)c1. The molecule has 7 aromatic rings. The van der Waals surface area contributed by atoms with Gasteiger partial charge in [-0.15, -0.1) is 0 Å². The van der Waals surface area contributed by atoms with Crippen molar-refractivity contribution in [2.75, 3.05) is 89.6 Å². The molecule has 2 amide bonds. The van der Waals surface area contributed by atoms with Gasteiger partial charge in [0.25, 0.3) is 0 Å². The lowest BCUT2D eigenvalue weighted by Crippen LogP contribution is -2.50. The average Bonchev–Trinajstić information content (AvgIpc) is 4.50. The third-order valence-electron chi connectivity index (χ3n) is 15.7. The number of nitrogen functional groups attached to an aromatic ring is 1. The molecule has 0 aliphatic carbocycles. The normalized spacial score (nSPS) is 14.6. The molecule has 3 aliphatic heterocycles. The number of nitrogens with zero attached hydrogens (tertiary/aromatic N) is 6. The number of nitrogens with two attached hydrogens (primary N) is 1. The van der Waals surface area contributed by atoms with Crippen molar-refractivity contribution in [1.29, 1.82) is 0 Å². The number of anilines is 2. The van der Waals surface area contributed by atoms with Crippen molar-refractivity contribution in [2.45, 2.75) is 41.5 Å². The van der Waals surface area contributed by atoms with E-state index >= 15 is 0 Å². The zero-order valence-electron chi connectivity index (χ0n) is 47.8. The zero-order chi connectivity index (χ0) is 58.6. The molecule has 1 saturated heterocycles. The largest absolute Gasteiger partial charge is 0.480 e. The number of carbonyl (C=O) groups excluding carboxylic acids is 2. The number of nitrogens with one attached hydrogen (secondary N) is 3. The first-order valence-electron chi connectivity index (χ1n) is 28.0.